The summed E-state index contributed by atoms with van der Waals surface area (Å²) < 4.78 is 16.5. The highest BCUT2D eigenvalue weighted by Crippen LogP contribution is 2.15. The molecular formula is C39H74O6. The average molecular weight is 639 g/mol. The SMILES string of the molecule is CCCCCCCCCCCCCCCC(=O)OC[C@@H](COC(=O)CCCCCCCCC(C)C)OC(=O)CCCCCCC. The maximum atomic E-state index is 12.4. The van der Waals surface area contributed by atoms with Gasteiger partial charge in [-0.25, -0.2) is 0 Å². The fourth-order valence-electron chi connectivity index (χ4n) is 5.57. The monoisotopic (exact) mass is 639 g/mol. The first-order valence-electron chi connectivity index (χ1n) is 19.4. The molecule has 6 nitrogen and oxygen atoms in total. The van der Waals surface area contributed by atoms with Gasteiger partial charge in [-0.15, -0.1) is 0 Å². The highest BCUT2D eigenvalue weighted by Gasteiger charge is 2.19. The van der Waals surface area contributed by atoms with Crippen molar-refractivity contribution in [1.29, 1.82) is 0 Å². The Morgan fingerprint density at radius 3 is 1.09 bits per heavy atom. The number of esters is 3. The van der Waals surface area contributed by atoms with Crippen LogP contribution in [0.25, 0.3) is 0 Å². The van der Waals surface area contributed by atoms with Crippen molar-refractivity contribution >= 4 is 17.9 Å². The van der Waals surface area contributed by atoms with Crippen LogP contribution in [0, 0.1) is 5.92 Å². The van der Waals surface area contributed by atoms with Crippen LogP contribution in [0.1, 0.15) is 207 Å². The zero-order valence-corrected chi connectivity index (χ0v) is 30.3. The van der Waals surface area contributed by atoms with Gasteiger partial charge in [-0.3, -0.25) is 14.4 Å². The molecule has 0 aromatic heterocycles. The van der Waals surface area contributed by atoms with Crippen LogP contribution in [0.2, 0.25) is 0 Å². The molecule has 0 saturated heterocycles. The highest BCUT2D eigenvalue weighted by molar-refractivity contribution is 5.71. The van der Waals surface area contributed by atoms with Gasteiger partial charge in [-0.1, -0.05) is 169 Å². The summed E-state index contributed by atoms with van der Waals surface area (Å²) in [6, 6.07) is 0. The van der Waals surface area contributed by atoms with Crippen molar-refractivity contribution < 1.29 is 28.6 Å². The first-order valence-corrected chi connectivity index (χ1v) is 19.4. The Kier molecular flexibility index (Phi) is 32.6. The lowest BCUT2D eigenvalue weighted by Crippen LogP contribution is -2.30. The fourth-order valence-corrected chi connectivity index (χ4v) is 5.57. The van der Waals surface area contributed by atoms with Gasteiger partial charge in [0.05, 0.1) is 0 Å². The maximum absolute atomic E-state index is 12.4. The summed E-state index contributed by atoms with van der Waals surface area (Å²) >= 11 is 0. The Morgan fingerprint density at radius 1 is 0.422 bits per heavy atom. The van der Waals surface area contributed by atoms with Crippen LogP contribution in [0.5, 0.6) is 0 Å². The van der Waals surface area contributed by atoms with E-state index in [1.165, 1.54) is 96.3 Å². The molecule has 45 heavy (non-hydrogen) atoms. The third-order valence-electron chi connectivity index (χ3n) is 8.54. The molecule has 0 spiro atoms. The zero-order valence-electron chi connectivity index (χ0n) is 30.3. The van der Waals surface area contributed by atoms with E-state index in [-0.39, 0.29) is 31.1 Å². The van der Waals surface area contributed by atoms with E-state index in [2.05, 4.69) is 27.7 Å². The number of ether oxygens (including phenoxy) is 3. The molecule has 0 saturated carbocycles. The molecule has 0 aromatic carbocycles. The van der Waals surface area contributed by atoms with Crippen molar-refractivity contribution in [2.24, 2.45) is 5.92 Å². The van der Waals surface area contributed by atoms with Gasteiger partial charge in [0.2, 0.25) is 0 Å². The second kappa shape index (κ2) is 33.8. The lowest BCUT2D eigenvalue weighted by Gasteiger charge is -2.18. The molecular weight excluding hydrogens is 564 g/mol. The normalized spacial score (nSPS) is 11.9. The molecule has 0 aliphatic rings. The van der Waals surface area contributed by atoms with Gasteiger partial charge in [0.15, 0.2) is 6.10 Å². The Morgan fingerprint density at radius 2 is 0.733 bits per heavy atom. The number of carbonyl (C=O) groups excluding carboxylic acids is 3. The van der Waals surface area contributed by atoms with E-state index in [0.717, 1.165) is 70.1 Å². The highest BCUT2D eigenvalue weighted by atomic mass is 16.6. The summed E-state index contributed by atoms with van der Waals surface area (Å²) in [6.07, 6.45) is 29.9. The molecule has 0 unspecified atom stereocenters. The smallest absolute Gasteiger partial charge is 0.306 e. The van der Waals surface area contributed by atoms with Gasteiger partial charge in [0, 0.05) is 19.3 Å². The minimum Gasteiger partial charge on any atom is -0.462 e. The summed E-state index contributed by atoms with van der Waals surface area (Å²) in [5.74, 6) is -0.120. The number of hydrogen-bond acceptors (Lipinski definition) is 6. The molecule has 0 fully saturated rings. The van der Waals surface area contributed by atoms with Gasteiger partial charge in [0.1, 0.15) is 13.2 Å². The molecule has 0 bridgehead atoms. The molecule has 6 heteroatoms. The second-order valence-corrected chi connectivity index (χ2v) is 13.7. The Labute approximate surface area is 278 Å². The van der Waals surface area contributed by atoms with Crippen molar-refractivity contribution in [1.82, 2.24) is 0 Å². The van der Waals surface area contributed by atoms with Crippen LogP contribution in [-0.4, -0.2) is 37.2 Å². The first-order chi connectivity index (χ1) is 21.9. The molecule has 0 heterocycles. The third-order valence-corrected chi connectivity index (χ3v) is 8.54. The van der Waals surface area contributed by atoms with Crippen LogP contribution in [-0.2, 0) is 28.6 Å². The van der Waals surface area contributed by atoms with Crippen LogP contribution in [0.15, 0.2) is 0 Å². The van der Waals surface area contributed by atoms with E-state index in [9.17, 15) is 14.4 Å². The van der Waals surface area contributed by atoms with E-state index in [0.29, 0.717) is 19.3 Å². The number of unbranched alkanes of at least 4 members (excludes halogenated alkanes) is 21. The molecule has 0 amide bonds. The summed E-state index contributed by atoms with van der Waals surface area (Å²) in [5.41, 5.74) is 0. The van der Waals surface area contributed by atoms with Crippen molar-refractivity contribution in [3.63, 3.8) is 0 Å². The van der Waals surface area contributed by atoms with Gasteiger partial charge >= 0.3 is 17.9 Å². The Hall–Kier alpha value is -1.59. The predicted octanol–water partition coefficient (Wildman–Crippen LogP) is 11.6. The average Bonchev–Trinajstić information content (AvgIpc) is 3.01. The lowest BCUT2D eigenvalue weighted by atomic mass is 10.0. The molecule has 0 N–H and O–H groups in total. The van der Waals surface area contributed by atoms with Gasteiger partial charge in [-0.2, -0.15) is 0 Å². The molecule has 0 aromatic rings. The number of carbonyl (C=O) groups is 3. The zero-order chi connectivity index (χ0) is 33.2. The first kappa shape index (κ1) is 43.4. The Bertz CT molecular complexity index is 676. The quantitative estimate of drug-likeness (QED) is 0.0396. The van der Waals surface area contributed by atoms with Crippen LogP contribution in [0.4, 0.5) is 0 Å². The minimum atomic E-state index is -0.756. The number of rotatable bonds is 34. The molecule has 0 radical (unpaired) electrons. The van der Waals surface area contributed by atoms with E-state index in [1.807, 2.05) is 0 Å². The maximum Gasteiger partial charge on any atom is 0.306 e. The number of hydrogen-bond donors (Lipinski definition) is 0. The minimum absolute atomic E-state index is 0.0670. The summed E-state index contributed by atoms with van der Waals surface area (Å²) in [7, 11) is 0. The van der Waals surface area contributed by atoms with Gasteiger partial charge < -0.3 is 14.2 Å². The fraction of sp³-hybridized carbons (Fsp3) is 0.923. The van der Waals surface area contributed by atoms with Gasteiger partial charge in [-0.05, 0) is 25.2 Å². The van der Waals surface area contributed by atoms with Crippen LogP contribution >= 0.6 is 0 Å². The summed E-state index contributed by atoms with van der Waals surface area (Å²) in [4.78, 5) is 37.1. The van der Waals surface area contributed by atoms with Crippen molar-refractivity contribution in [3.8, 4) is 0 Å². The summed E-state index contributed by atoms with van der Waals surface area (Å²) in [5, 5.41) is 0. The van der Waals surface area contributed by atoms with Gasteiger partial charge in [0.25, 0.3) is 0 Å². The van der Waals surface area contributed by atoms with Crippen molar-refractivity contribution in [2.45, 2.75) is 214 Å². The lowest BCUT2D eigenvalue weighted by molar-refractivity contribution is -0.167. The molecule has 266 valence electrons. The van der Waals surface area contributed by atoms with E-state index >= 15 is 0 Å². The standard InChI is InChI=1S/C39H74O6/c1-5-7-9-11-12-13-14-15-16-17-18-23-26-30-37(40)43-33-36(45-39(42)32-28-21-10-8-6-2)34-44-38(41)31-27-24-20-19-22-25-29-35(3)4/h35-36H,5-34H2,1-4H3/t36-/m0/s1. The molecule has 0 aliphatic heterocycles. The van der Waals surface area contributed by atoms with Crippen LogP contribution < -0.4 is 0 Å². The van der Waals surface area contributed by atoms with E-state index in [4.69, 9.17) is 14.2 Å². The largest absolute Gasteiger partial charge is 0.462 e. The summed E-state index contributed by atoms with van der Waals surface area (Å²) in [6.45, 7) is 8.81. The van der Waals surface area contributed by atoms with E-state index in [1.54, 1.807) is 0 Å². The van der Waals surface area contributed by atoms with E-state index < -0.39 is 6.10 Å². The predicted molar refractivity (Wildman–Crippen MR) is 187 cm³/mol. The molecule has 0 aliphatic carbocycles. The second-order valence-electron chi connectivity index (χ2n) is 13.7. The van der Waals surface area contributed by atoms with Crippen molar-refractivity contribution in [2.75, 3.05) is 13.2 Å². The van der Waals surface area contributed by atoms with Crippen molar-refractivity contribution in [3.05, 3.63) is 0 Å². The molecule has 1 atom stereocenters. The van der Waals surface area contributed by atoms with Crippen LogP contribution in [0.3, 0.4) is 0 Å². The topological polar surface area (TPSA) is 78.9 Å². The Balaban J connectivity index is 4.21. The third kappa shape index (κ3) is 33.6. The molecule has 0 rings (SSSR count).